The van der Waals surface area contributed by atoms with Gasteiger partial charge in [0, 0.05) is 12.1 Å². The van der Waals surface area contributed by atoms with Gasteiger partial charge in [0.25, 0.3) is 5.91 Å². The Morgan fingerprint density at radius 1 is 1.00 bits per heavy atom. The third-order valence-corrected chi connectivity index (χ3v) is 5.67. The molecule has 32 heavy (non-hydrogen) atoms. The molecule has 0 saturated heterocycles. The molecule has 4 aromatic rings. The number of nitrogens with one attached hydrogen (secondary N) is 2. The van der Waals surface area contributed by atoms with Crippen LogP contribution in [0.4, 0.5) is 5.95 Å². The Balaban J connectivity index is 1.55. The molecule has 0 aliphatic rings. The van der Waals surface area contributed by atoms with Crippen LogP contribution in [-0.2, 0) is 11.8 Å². The number of rotatable bonds is 6. The number of imidazole rings is 1. The molecule has 0 radical (unpaired) electrons. The van der Waals surface area contributed by atoms with Crippen molar-refractivity contribution in [3.05, 3.63) is 94.0 Å². The molecule has 1 unspecified atom stereocenters. The lowest BCUT2D eigenvalue weighted by Gasteiger charge is -2.19. The number of amides is 2. The summed E-state index contributed by atoms with van der Waals surface area (Å²) in [7, 11) is 1.81. The van der Waals surface area contributed by atoms with Crippen LogP contribution < -0.4 is 10.6 Å². The van der Waals surface area contributed by atoms with E-state index in [4.69, 9.17) is 23.2 Å². The van der Waals surface area contributed by atoms with E-state index < -0.39 is 6.04 Å². The first-order chi connectivity index (χ1) is 15.4. The molecule has 2 amide bonds. The number of hydrogen-bond donors (Lipinski definition) is 2. The van der Waals surface area contributed by atoms with Gasteiger partial charge in [-0.15, -0.1) is 0 Å². The Bertz CT molecular complexity index is 1290. The van der Waals surface area contributed by atoms with Crippen molar-refractivity contribution < 1.29 is 9.59 Å². The van der Waals surface area contributed by atoms with Crippen LogP contribution in [0.2, 0.25) is 10.0 Å². The summed E-state index contributed by atoms with van der Waals surface area (Å²) in [5.74, 6) is -0.242. The monoisotopic (exact) mass is 466 g/mol. The summed E-state index contributed by atoms with van der Waals surface area (Å²) < 4.78 is 1.78. The van der Waals surface area contributed by atoms with Crippen molar-refractivity contribution in [2.75, 3.05) is 5.32 Å². The number of fused-ring (bicyclic) bond motifs is 1. The topological polar surface area (TPSA) is 76.0 Å². The van der Waals surface area contributed by atoms with Crippen molar-refractivity contribution in [1.82, 2.24) is 14.9 Å². The number of benzene rings is 3. The van der Waals surface area contributed by atoms with Crippen LogP contribution >= 0.6 is 23.2 Å². The predicted octanol–water partition coefficient (Wildman–Crippen LogP) is 5.38. The number of anilines is 1. The van der Waals surface area contributed by atoms with Gasteiger partial charge in [0.1, 0.15) is 0 Å². The number of carbonyl (C=O) groups is 2. The molecule has 1 heterocycles. The first kappa shape index (κ1) is 21.9. The fourth-order valence-corrected chi connectivity index (χ4v) is 3.85. The molecule has 162 valence electrons. The highest BCUT2D eigenvalue weighted by atomic mass is 35.5. The first-order valence-corrected chi connectivity index (χ1v) is 10.7. The van der Waals surface area contributed by atoms with Crippen LogP contribution in [0.3, 0.4) is 0 Å². The molecule has 0 spiro atoms. The van der Waals surface area contributed by atoms with Crippen LogP contribution in [-0.4, -0.2) is 21.4 Å². The quantitative estimate of drug-likeness (QED) is 0.400. The highest BCUT2D eigenvalue weighted by molar-refractivity contribution is 6.33. The lowest BCUT2D eigenvalue weighted by atomic mass is 10.0. The van der Waals surface area contributed by atoms with Gasteiger partial charge in [-0.3, -0.25) is 14.9 Å². The maximum Gasteiger partial charge on any atom is 0.253 e. The van der Waals surface area contributed by atoms with Gasteiger partial charge in [0.2, 0.25) is 11.9 Å². The van der Waals surface area contributed by atoms with E-state index in [9.17, 15) is 9.59 Å². The number of aromatic nitrogens is 2. The summed E-state index contributed by atoms with van der Waals surface area (Å²) in [6, 6.07) is 20.9. The number of carbonyl (C=O) groups excluding carboxylic acids is 2. The molecule has 1 aromatic heterocycles. The standard InChI is InChI=1S/C24H20Cl2N4O2/c1-30-21-12-11-16(25)13-20(21)28-24(30)29-22(31)14-19(15-7-3-2-4-8-15)27-23(32)17-9-5-6-10-18(17)26/h2-13,19H,14H2,1H3,(H,27,32)(H,28,29,31). The van der Waals surface area contributed by atoms with Gasteiger partial charge in [0.05, 0.1) is 34.1 Å². The fourth-order valence-electron chi connectivity index (χ4n) is 3.46. The largest absolute Gasteiger partial charge is 0.345 e. The number of aryl methyl sites for hydroxylation is 1. The van der Waals surface area contributed by atoms with Crippen molar-refractivity contribution in [3.63, 3.8) is 0 Å². The molecule has 2 N–H and O–H groups in total. The molecule has 4 rings (SSSR count). The number of halogens is 2. The van der Waals surface area contributed by atoms with Crippen molar-refractivity contribution in [2.24, 2.45) is 7.05 Å². The number of hydrogen-bond acceptors (Lipinski definition) is 3. The average Bonchev–Trinajstić information content (AvgIpc) is 3.08. The molecule has 6 nitrogen and oxygen atoms in total. The molecule has 0 bridgehead atoms. The van der Waals surface area contributed by atoms with E-state index >= 15 is 0 Å². The zero-order valence-electron chi connectivity index (χ0n) is 17.2. The summed E-state index contributed by atoms with van der Waals surface area (Å²) in [6.45, 7) is 0. The van der Waals surface area contributed by atoms with Crippen LogP contribution in [0.15, 0.2) is 72.8 Å². The van der Waals surface area contributed by atoms with Crippen LogP contribution in [0.1, 0.15) is 28.4 Å². The zero-order chi connectivity index (χ0) is 22.7. The summed E-state index contributed by atoms with van der Waals surface area (Å²) in [6.07, 6.45) is 0.0180. The Labute approximate surface area is 195 Å². The van der Waals surface area contributed by atoms with E-state index in [1.54, 1.807) is 41.0 Å². The Morgan fingerprint density at radius 2 is 1.72 bits per heavy atom. The van der Waals surface area contributed by atoms with Crippen molar-refractivity contribution >= 4 is 52.0 Å². The van der Waals surface area contributed by atoms with E-state index in [-0.39, 0.29) is 18.2 Å². The van der Waals surface area contributed by atoms with Crippen molar-refractivity contribution in [2.45, 2.75) is 12.5 Å². The summed E-state index contributed by atoms with van der Waals surface area (Å²) in [5.41, 5.74) is 2.68. The minimum absolute atomic E-state index is 0.0180. The smallest absolute Gasteiger partial charge is 0.253 e. The van der Waals surface area contributed by atoms with E-state index in [0.717, 1.165) is 11.1 Å². The molecule has 0 aliphatic carbocycles. The normalized spacial score (nSPS) is 11.8. The van der Waals surface area contributed by atoms with Crippen molar-refractivity contribution in [3.8, 4) is 0 Å². The molecule has 0 fully saturated rings. The van der Waals surface area contributed by atoms with E-state index in [2.05, 4.69) is 15.6 Å². The second kappa shape index (κ2) is 9.42. The molecule has 3 aromatic carbocycles. The molecule has 0 aliphatic heterocycles. The van der Waals surface area contributed by atoms with Gasteiger partial charge in [0.15, 0.2) is 0 Å². The summed E-state index contributed by atoms with van der Waals surface area (Å²) in [4.78, 5) is 30.2. The molecule has 8 heteroatoms. The fraction of sp³-hybridized carbons (Fsp3) is 0.125. The predicted molar refractivity (Wildman–Crippen MR) is 127 cm³/mol. The molecular weight excluding hydrogens is 447 g/mol. The Morgan fingerprint density at radius 3 is 2.47 bits per heavy atom. The third kappa shape index (κ3) is 4.77. The Hall–Kier alpha value is -3.35. The van der Waals surface area contributed by atoms with E-state index in [1.165, 1.54) is 0 Å². The SMILES string of the molecule is Cn1c(NC(=O)CC(NC(=O)c2ccccc2Cl)c2ccccc2)nc2cc(Cl)ccc21. The average molecular weight is 467 g/mol. The van der Waals surface area contributed by atoms with Gasteiger partial charge in [-0.05, 0) is 35.9 Å². The van der Waals surface area contributed by atoms with Crippen LogP contribution in [0.25, 0.3) is 11.0 Å². The second-order valence-electron chi connectivity index (χ2n) is 7.30. The Kier molecular flexibility index (Phi) is 6.44. The zero-order valence-corrected chi connectivity index (χ0v) is 18.7. The van der Waals surface area contributed by atoms with Crippen LogP contribution in [0.5, 0.6) is 0 Å². The molecule has 0 saturated carbocycles. The minimum Gasteiger partial charge on any atom is -0.345 e. The highest BCUT2D eigenvalue weighted by Gasteiger charge is 2.21. The maximum atomic E-state index is 12.9. The minimum atomic E-state index is -0.552. The highest BCUT2D eigenvalue weighted by Crippen LogP contribution is 2.24. The molecular formula is C24H20Cl2N4O2. The number of nitrogens with zero attached hydrogens (tertiary/aromatic N) is 2. The van der Waals surface area contributed by atoms with Gasteiger partial charge in [-0.2, -0.15) is 0 Å². The maximum absolute atomic E-state index is 12.9. The van der Waals surface area contributed by atoms with Gasteiger partial charge >= 0.3 is 0 Å². The van der Waals surface area contributed by atoms with Crippen molar-refractivity contribution in [1.29, 1.82) is 0 Å². The van der Waals surface area contributed by atoms with Gasteiger partial charge < -0.3 is 9.88 Å². The second-order valence-corrected chi connectivity index (χ2v) is 8.14. The summed E-state index contributed by atoms with van der Waals surface area (Å²) in [5, 5.41) is 6.68. The van der Waals surface area contributed by atoms with Crippen LogP contribution in [0, 0.1) is 0 Å². The van der Waals surface area contributed by atoms with Gasteiger partial charge in [-0.25, -0.2) is 4.98 Å². The first-order valence-electron chi connectivity index (χ1n) is 9.94. The lowest BCUT2D eigenvalue weighted by molar-refractivity contribution is -0.116. The summed E-state index contributed by atoms with van der Waals surface area (Å²) >= 11 is 12.2. The molecule has 1 atom stereocenters. The van der Waals surface area contributed by atoms with Gasteiger partial charge in [-0.1, -0.05) is 65.7 Å². The lowest BCUT2D eigenvalue weighted by Crippen LogP contribution is -2.32. The van der Waals surface area contributed by atoms with E-state index in [0.29, 0.717) is 27.1 Å². The third-order valence-electron chi connectivity index (χ3n) is 5.11. The van der Waals surface area contributed by atoms with E-state index in [1.807, 2.05) is 43.4 Å².